The Morgan fingerprint density at radius 3 is 2.65 bits per heavy atom. The fourth-order valence-corrected chi connectivity index (χ4v) is 2.81. The molecule has 1 aromatic heterocycles. The largest absolute Gasteiger partial charge is 0.337 e. The van der Waals surface area contributed by atoms with E-state index in [9.17, 15) is 4.79 Å². The van der Waals surface area contributed by atoms with E-state index in [0.29, 0.717) is 13.0 Å². The molecule has 20 heavy (non-hydrogen) atoms. The predicted octanol–water partition coefficient (Wildman–Crippen LogP) is 3.01. The number of hydrogen-bond donors (Lipinski definition) is 1. The van der Waals surface area contributed by atoms with Gasteiger partial charge >= 0.3 is 0 Å². The summed E-state index contributed by atoms with van der Waals surface area (Å²) >= 11 is 1.63. The van der Waals surface area contributed by atoms with E-state index in [1.165, 1.54) is 0 Å². The first-order valence-corrected chi connectivity index (χ1v) is 6.76. The van der Waals surface area contributed by atoms with Gasteiger partial charge in [0.1, 0.15) is 5.01 Å². The molecule has 2 rings (SSSR count). The lowest BCUT2D eigenvalue weighted by molar-refractivity contribution is -0.131. The average Bonchev–Trinajstić information content (AvgIpc) is 2.81. The summed E-state index contributed by atoms with van der Waals surface area (Å²) in [6.07, 6.45) is 0.381. The van der Waals surface area contributed by atoms with Crippen LogP contribution in [-0.4, -0.2) is 29.4 Å². The SMILES string of the molecule is CC(c1nc2ccccc2s1)N(C)C(=O)CCN.Cl.Cl. The van der Waals surface area contributed by atoms with Crippen LogP contribution in [-0.2, 0) is 4.79 Å². The number of carbonyl (C=O) groups excluding carboxylic acids is 1. The molecule has 0 saturated heterocycles. The third-order valence-corrected chi connectivity index (χ3v) is 4.21. The highest BCUT2D eigenvalue weighted by atomic mass is 35.5. The number of hydrogen-bond acceptors (Lipinski definition) is 4. The maximum atomic E-state index is 11.8. The predicted molar refractivity (Wildman–Crippen MR) is 89.0 cm³/mol. The van der Waals surface area contributed by atoms with Gasteiger partial charge in [-0.3, -0.25) is 4.79 Å². The lowest BCUT2D eigenvalue weighted by Gasteiger charge is -2.22. The quantitative estimate of drug-likeness (QED) is 0.934. The van der Waals surface area contributed by atoms with Crippen molar-refractivity contribution < 1.29 is 4.79 Å². The van der Waals surface area contributed by atoms with Gasteiger partial charge in [-0.25, -0.2) is 4.98 Å². The van der Waals surface area contributed by atoms with Crippen molar-refractivity contribution >= 4 is 52.3 Å². The Hall–Kier alpha value is -0.880. The number of aromatic nitrogens is 1. The van der Waals surface area contributed by atoms with Crippen LogP contribution in [0.15, 0.2) is 24.3 Å². The summed E-state index contributed by atoms with van der Waals surface area (Å²) in [6.45, 7) is 2.38. The molecule has 1 amide bonds. The summed E-state index contributed by atoms with van der Waals surface area (Å²) < 4.78 is 1.15. The summed E-state index contributed by atoms with van der Waals surface area (Å²) in [5, 5.41) is 0.962. The fourth-order valence-electron chi connectivity index (χ4n) is 1.75. The van der Waals surface area contributed by atoms with Gasteiger partial charge in [-0.2, -0.15) is 0 Å². The monoisotopic (exact) mass is 335 g/mol. The summed E-state index contributed by atoms with van der Waals surface area (Å²) in [4.78, 5) is 18.1. The van der Waals surface area contributed by atoms with Crippen LogP contribution in [0.5, 0.6) is 0 Å². The Labute approximate surface area is 135 Å². The van der Waals surface area contributed by atoms with Crippen molar-refractivity contribution in [3.63, 3.8) is 0 Å². The van der Waals surface area contributed by atoms with Crippen molar-refractivity contribution in [2.24, 2.45) is 5.73 Å². The minimum Gasteiger partial charge on any atom is -0.337 e. The van der Waals surface area contributed by atoms with Crippen LogP contribution in [0.2, 0.25) is 0 Å². The summed E-state index contributed by atoms with van der Waals surface area (Å²) in [7, 11) is 1.80. The molecule has 4 nitrogen and oxygen atoms in total. The molecular weight excluding hydrogens is 317 g/mol. The standard InChI is InChI=1S/C13H17N3OS.2ClH/c1-9(16(2)12(17)7-8-14)13-15-10-5-3-4-6-11(10)18-13;;/h3-6,9H,7-8,14H2,1-2H3;2*1H. The number of fused-ring (bicyclic) bond motifs is 1. The lowest BCUT2D eigenvalue weighted by Crippen LogP contribution is -2.30. The van der Waals surface area contributed by atoms with Gasteiger partial charge in [-0.15, -0.1) is 36.2 Å². The van der Waals surface area contributed by atoms with Gasteiger partial charge < -0.3 is 10.6 Å². The average molecular weight is 336 g/mol. The van der Waals surface area contributed by atoms with E-state index >= 15 is 0 Å². The molecule has 0 fully saturated rings. The summed E-state index contributed by atoms with van der Waals surface area (Å²) in [5.41, 5.74) is 6.40. The smallest absolute Gasteiger partial charge is 0.224 e. The molecule has 0 spiro atoms. The number of amides is 1. The zero-order chi connectivity index (χ0) is 13.1. The number of nitrogens with two attached hydrogens (primary N) is 1. The molecule has 0 saturated carbocycles. The van der Waals surface area contributed by atoms with Gasteiger partial charge in [-0.1, -0.05) is 12.1 Å². The summed E-state index contributed by atoms with van der Waals surface area (Å²) in [6, 6.07) is 7.99. The van der Waals surface area contributed by atoms with Crippen molar-refractivity contribution in [1.29, 1.82) is 0 Å². The molecule has 1 atom stereocenters. The second kappa shape index (κ2) is 8.42. The first kappa shape index (κ1) is 19.1. The Morgan fingerprint density at radius 2 is 2.05 bits per heavy atom. The van der Waals surface area contributed by atoms with Gasteiger partial charge in [0.15, 0.2) is 0 Å². The Morgan fingerprint density at radius 1 is 1.40 bits per heavy atom. The summed E-state index contributed by atoms with van der Waals surface area (Å²) in [5.74, 6) is 0.0595. The number of carbonyl (C=O) groups is 1. The zero-order valence-corrected chi connectivity index (χ0v) is 13.9. The van der Waals surface area contributed by atoms with E-state index in [2.05, 4.69) is 4.98 Å². The molecule has 2 N–H and O–H groups in total. The maximum absolute atomic E-state index is 11.8. The van der Waals surface area contributed by atoms with Crippen molar-refractivity contribution in [2.75, 3.05) is 13.6 Å². The minimum absolute atomic E-state index is 0. The number of rotatable bonds is 4. The Bertz CT molecular complexity index is 528. The molecule has 7 heteroatoms. The highest BCUT2D eigenvalue weighted by molar-refractivity contribution is 7.18. The molecule has 0 radical (unpaired) electrons. The van der Waals surface area contributed by atoms with E-state index in [1.54, 1.807) is 23.3 Å². The van der Waals surface area contributed by atoms with Gasteiger partial charge in [0.05, 0.1) is 16.3 Å². The topological polar surface area (TPSA) is 59.2 Å². The lowest BCUT2D eigenvalue weighted by atomic mass is 10.2. The van der Waals surface area contributed by atoms with E-state index in [-0.39, 0.29) is 36.8 Å². The zero-order valence-electron chi connectivity index (χ0n) is 11.4. The molecule has 0 bridgehead atoms. The van der Waals surface area contributed by atoms with Crippen molar-refractivity contribution in [1.82, 2.24) is 9.88 Å². The Kier molecular flexibility index (Phi) is 8.05. The second-order valence-corrected chi connectivity index (χ2v) is 5.30. The number of benzene rings is 1. The van der Waals surface area contributed by atoms with Crippen molar-refractivity contribution in [3.05, 3.63) is 29.3 Å². The molecule has 0 aliphatic rings. The van der Waals surface area contributed by atoms with Crippen LogP contribution < -0.4 is 5.73 Å². The van der Waals surface area contributed by atoms with Crippen LogP contribution in [0.3, 0.4) is 0 Å². The Balaban J connectivity index is 0.00000180. The third kappa shape index (κ3) is 4.06. The molecule has 1 heterocycles. The van der Waals surface area contributed by atoms with Crippen LogP contribution >= 0.6 is 36.2 Å². The highest BCUT2D eigenvalue weighted by Gasteiger charge is 2.19. The molecule has 2 aromatic rings. The first-order chi connectivity index (χ1) is 8.63. The van der Waals surface area contributed by atoms with E-state index in [0.717, 1.165) is 15.2 Å². The van der Waals surface area contributed by atoms with Gasteiger partial charge in [0.25, 0.3) is 0 Å². The third-order valence-electron chi connectivity index (χ3n) is 3.00. The number of halogens is 2. The van der Waals surface area contributed by atoms with Crippen LogP contribution in [0.25, 0.3) is 10.2 Å². The van der Waals surface area contributed by atoms with Crippen molar-refractivity contribution in [3.8, 4) is 0 Å². The minimum atomic E-state index is -0.0125. The molecule has 0 aliphatic carbocycles. The van der Waals surface area contributed by atoms with Gasteiger partial charge in [0.2, 0.25) is 5.91 Å². The van der Waals surface area contributed by atoms with Gasteiger partial charge in [0, 0.05) is 20.0 Å². The van der Waals surface area contributed by atoms with E-state index in [1.807, 2.05) is 31.2 Å². The number of para-hydroxylation sites is 1. The van der Waals surface area contributed by atoms with E-state index in [4.69, 9.17) is 5.73 Å². The molecule has 0 aliphatic heterocycles. The second-order valence-electron chi connectivity index (χ2n) is 4.24. The maximum Gasteiger partial charge on any atom is 0.224 e. The number of nitrogens with zero attached hydrogens (tertiary/aromatic N) is 2. The number of thiazole rings is 1. The van der Waals surface area contributed by atoms with E-state index < -0.39 is 0 Å². The molecular formula is C13H19Cl2N3OS. The normalized spacial score (nSPS) is 11.3. The first-order valence-electron chi connectivity index (χ1n) is 5.94. The highest BCUT2D eigenvalue weighted by Crippen LogP contribution is 2.28. The molecule has 1 aromatic carbocycles. The van der Waals surface area contributed by atoms with Crippen LogP contribution in [0, 0.1) is 0 Å². The van der Waals surface area contributed by atoms with Gasteiger partial charge in [-0.05, 0) is 19.1 Å². The molecule has 1 unspecified atom stereocenters. The fraction of sp³-hybridized carbons (Fsp3) is 0.385. The van der Waals surface area contributed by atoms with Crippen LogP contribution in [0.1, 0.15) is 24.4 Å². The van der Waals surface area contributed by atoms with Crippen molar-refractivity contribution in [2.45, 2.75) is 19.4 Å². The van der Waals surface area contributed by atoms with Crippen LogP contribution in [0.4, 0.5) is 0 Å². The molecule has 112 valence electrons.